The van der Waals surface area contributed by atoms with E-state index in [0.717, 1.165) is 37.6 Å². The summed E-state index contributed by atoms with van der Waals surface area (Å²) < 4.78 is 0. The molecule has 0 bridgehead atoms. The van der Waals surface area contributed by atoms with Gasteiger partial charge in [0.05, 0.1) is 0 Å². The molecule has 3 heterocycles. The topological polar surface area (TPSA) is 68.3 Å². The molecule has 1 unspecified atom stereocenters. The van der Waals surface area contributed by atoms with Crippen molar-refractivity contribution >= 4 is 17.3 Å². The van der Waals surface area contributed by atoms with E-state index in [4.69, 9.17) is 0 Å². The number of hydrogen-bond donors (Lipinski definition) is 3. The van der Waals surface area contributed by atoms with Crippen molar-refractivity contribution < 1.29 is 0 Å². The Morgan fingerprint density at radius 2 is 2.21 bits per heavy atom. The number of anilines is 2. The van der Waals surface area contributed by atoms with Crippen LogP contribution in [-0.2, 0) is 0 Å². The molecule has 6 nitrogen and oxygen atoms in total. The lowest BCUT2D eigenvalue weighted by molar-refractivity contribution is 0.573. The van der Waals surface area contributed by atoms with Crippen LogP contribution in [-0.4, -0.2) is 35.2 Å². The first kappa shape index (κ1) is 12.3. The average molecular weight is 262 g/mol. The highest BCUT2D eigenvalue weighted by Gasteiger charge is 2.18. The maximum absolute atomic E-state index is 4.39. The highest BCUT2D eigenvalue weighted by atomic mass is 15.4. The first-order chi connectivity index (χ1) is 9.35. The molecule has 0 spiro atoms. The predicted octanol–water partition coefficient (Wildman–Crippen LogP) is 1.90. The van der Waals surface area contributed by atoms with Crippen LogP contribution in [0.1, 0.15) is 39.0 Å². The molecule has 19 heavy (non-hydrogen) atoms. The second-order valence-electron chi connectivity index (χ2n) is 5.25. The van der Waals surface area contributed by atoms with Gasteiger partial charge in [-0.1, -0.05) is 6.92 Å². The van der Waals surface area contributed by atoms with Gasteiger partial charge in [-0.2, -0.15) is 10.2 Å². The van der Waals surface area contributed by atoms with Crippen LogP contribution in [0.4, 0.5) is 11.6 Å². The molecule has 0 amide bonds. The summed E-state index contributed by atoms with van der Waals surface area (Å²) in [5.74, 6) is 2.02. The zero-order valence-corrected chi connectivity index (χ0v) is 11.4. The molecule has 1 fully saturated rings. The van der Waals surface area contributed by atoms with Crippen molar-refractivity contribution in [3.05, 3.63) is 6.07 Å². The number of piperidine rings is 1. The Morgan fingerprint density at radius 3 is 2.95 bits per heavy atom. The fourth-order valence-corrected chi connectivity index (χ4v) is 2.66. The number of nitrogens with zero attached hydrogens (tertiary/aromatic N) is 3. The molecule has 6 heteroatoms. The Balaban J connectivity index is 1.56. The van der Waals surface area contributed by atoms with Crippen LogP contribution in [0.25, 0.3) is 0 Å². The SMILES string of the molecule is CCC1=NNC(Nc2cc(N3CCCCC3)n[nH]2)C1. The fourth-order valence-electron chi connectivity index (χ4n) is 2.66. The van der Waals surface area contributed by atoms with E-state index in [9.17, 15) is 0 Å². The Morgan fingerprint density at radius 1 is 1.37 bits per heavy atom. The number of aromatic nitrogens is 2. The molecule has 3 rings (SSSR count). The maximum atomic E-state index is 4.39. The zero-order chi connectivity index (χ0) is 13.1. The van der Waals surface area contributed by atoms with Crippen LogP contribution in [0.3, 0.4) is 0 Å². The van der Waals surface area contributed by atoms with Gasteiger partial charge in [-0.05, 0) is 25.7 Å². The van der Waals surface area contributed by atoms with Gasteiger partial charge in [0.1, 0.15) is 12.0 Å². The van der Waals surface area contributed by atoms with E-state index in [1.165, 1.54) is 25.0 Å². The van der Waals surface area contributed by atoms with Crippen molar-refractivity contribution in [1.82, 2.24) is 15.6 Å². The van der Waals surface area contributed by atoms with Crippen molar-refractivity contribution in [1.29, 1.82) is 0 Å². The van der Waals surface area contributed by atoms with Crippen molar-refractivity contribution in [3.63, 3.8) is 0 Å². The number of H-pyrrole nitrogens is 1. The standard InChI is InChI=1S/C13H22N6/c1-2-10-8-11(16-15-10)14-12-9-13(18-17-12)19-6-4-3-5-7-19/h9,11,16H,2-8H2,1H3,(H2,14,17,18). The van der Waals surface area contributed by atoms with Crippen molar-refractivity contribution in [2.45, 2.75) is 45.2 Å². The van der Waals surface area contributed by atoms with Gasteiger partial charge >= 0.3 is 0 Å². The van der Waals surface area contributed by atoms with Gasteiger partial charge in [-0.3, -0.25) is 10.5 Å². The predicted molar refractivity (Wildman–Crippen MR) is 77.5 cm³/mol. The summed E-state index contributed by atoms with van der Waals surface area (Å²) in [5.41, 5.74) is 4.33. The van der Waals surface area contributed by atoms with Crippen LogP contribution in [0.2, 0.25) is 0 Å². The summed E-state index contributed by atoms with van der Waals surface area (Å²) in [6, 6.07) is 2.09. The van der Waals surface area contributed by atoms with Crippen LogP contribution in [0.5, 0.6) is 0 Å². The Kier molecular flexibility index (Phi) is 3.57. The Bertz CT molecular complexity index is 446. The highest BCUT2D eigenvalue weighted by Crippen LogP contribution is 2.21. The molecule has 0 saturated carbocycles. The molecule has 1 aromatic rings. The third-order valence-corrected chi connectivity index (χ3v) is 3.80. The van der Waals surface area contributed by atoms with E-state index in [1.54, 1.807) is 0 Å². The number of hydrogen-bond acceptors (Lipinski definition) is 5. The maximum Gasteiger partial charge on any atom is 0.152 e. The lowest BCUT2D eigenvalue weighted by Crippen LogP contribution is -2.29. The molecular formula is C13H22N6. The molecule has 0 aromatic carbocycles. The van der Waals surface area contributed by atoms with Crippen LogP contribution in [0.15, 0.2) is 11.2 Å². The molecule has 1 atom stereocenters. The minimum Gasteiger partial charge on any atom is -0.355 e. The molecular weight excluding hydrogens is 240 g/mol. The van der Waals surface area contributed by atoms with E-state index in [-0.39, 0.29) is 6.17 Å². The normalized spacial score (nSPS) is 23.1. The van der Waals surface area contributed by atoms with Gasteiger partial charge in [-0.15, -0.1) is 0 Å². The van der Waals surface area contributed by atoms with E-state index >= 15 is 0 Å². The minimum absolute atomic E-state index is 0.185. The third kappa shape index (κ3) is 2.83. The van der Waals surface area contributed by atoms with Gasteiger partial charge < -0.3 is 10.2 Å². The van der Waals surface area contributed by atoms with Crippen LogP contribution < -0.4 is 15.6 Å². The van der Waals surface area contributed by atoms with Crippen LogP contribution in [0, 0.1) is 0 Å². The Hall–Kier alpha value is -1.72. The molecule has 104 valence electrons. The Labute approximate surface area is 113 Å². The second-order valence-corrected chi connectivity index (χ2v) is 5.25. The molecule has 0 radical (unpaired) electrons. The molecule has 2 aliphatic rings. The van der Waals surface area contributed by atoms with Gasteiger partial charge in [0.15, 0.2) is 5.82 Å². The monoisotopic (exact) mass is 262 g/mol. The van der Waals surface area contributed by atoms with E-state index in [0.29, 0.717) is 0 Å². The smallest absolute Gasteiger partial charge is 0.152 e. The second kappa shape index (κ2) is 5.50. The van der Waals surface area contributed by atoms with Gasteiger partial charge in [0.25, 0.3) is 0 Å². The highest BCUT2D eigenvalue weighted by molar-refractivity contribution is 5.86. The lowest BCUT2D eigenvalue weighted by atomic mass is 10.1. The number of rotatable bonds is 4. The van der Waals surface area contributed by atoms with E-state index in [1.807, 2.05) is 0 Å². The first-order valence-corrected chi connectivity index (χ1v) is 7.23. The molecule has 1 aromatic heterocycles. The number of nitrogens with one attached hydrogen (secondary N) is 3. The fraction of sp³-hybridized carbons (Fsp3) is 0.692. The summed E-state index contributed by atoms with van der Waals surface area (Å²) in [5, 5.41) is 15.1. The van der Waals surface area contributed by atoms with Gasteiger partial charge in [-0.25, -0.2) is 0 Å². The third-order valence-electron chi connectivity index (χ3n) is 3.80. The molecule has 0 aliphatic carbocycles. The number of aromatic amines is 1. The zero-order valence-electron chi connectivity index (χ0n) is 11.4. The van der Waals surface area contributed by atoms with Gasteiger partial charge in [0.2, 0.25) is 0 Å². The van der Waals surface area contributed by atoms with Gasteiger partial charge in [0, 0.05) is 31.3 Å². The molecule has 3 N–H and O–H groups in total. The molecule has 2 aliphatic heterocycles. The summed E-state index contributed by atoms with van der Waals surface area (Å²) in [4.78, 5) is 2.35. The first-order valence-electron chi connectivity index (χ1n) is 7.23. The summed E-state index contributed by atoms with van der Waals surface area (Å²) in [6.07, 6.45) is 6.03. The molecule has 1 saturated heterocycles. The summed E-state index contributed by atoms with van der Waals surface area (Å²) in [7, 11) is 0. The van der Waals surface area contributed by atoms with Crippen molar-refractivity contribution in [2.75, 3.05) is 23.3 Å². The van der Waals surface area contributed by atoms with E-state index in [2.05, 4.69) is 43.9 Å². The average Bonchev–Trinajstić information content (AvgIpc) is 3.09. The summed E-state index contributed by atoms with van der Waals surface area (Å²) >= 11 is 0. The summed E-state index contributed by atoms with van der Waals surface area (Å²) in [6.45, 7) is 4.37. The largest absolute Gasteiger partial charge is 0.355 e. The van der Waals surface area contributed by atoms with Crippen molar-refractivity contribution in [2.24, 2.45) is 5.10 Å². The lowest BCUT2D eigenvalue weighted by Gasteiger charge is -2.26. The van der Waals surface area contributed by atoms with Crippen molar-refractivity contribution in [3.8, 4) is 0 Å². The number of hydrazone groups is 1. The quantitative estimate of drug-likeness (QED) is 0.775. The van der Waals surface area contributed by atoms with E-state index < -0.39 is 0 Å². The van der Waals surface area contributed by atoms with Crippen LogP contribution >= 0.6 is 0 Å². The minimum atomic E-state index is 0.185.